The molecule has 0 bridgehead atoms. The van der Waals surface area contributed by atoms with Crippen molar-refractivity contribution in [2.45, 2.75) is 12.5 Å². The molecule has 1 heterocycles. The number of rotatable bonds is 1. The number of nitrogens with one attached hydrogen (secondary N) is 1. The number of primary amides is 1. The van der Waals surface area contributed by atoms with Gasteiger partial charge in [0, 0.05) is 0 Å². The Morgan fingerprint density at radius 3 is 2.78 bits per heavy atom. The van der Waals surface area contributed by atoms with Gasteiger partial charge < -0.3 is 0 Å². The van der Waals surface area contributed by atoms with E-state index in [1.165, 1.54) is 4.43 Å². The zero-order chi connectivity index (χ0) is 6.85. The van der Waals surface area contributed by atoms with Gasteiger partial charge in [0.1, 0.15) is 0 Å². The van der Waals surface area contributed by atoms with Crippen molar-refractivity contribution in [3.05, 3.63) is 0 Å². The van der Waals surface area contributed by atoms with Crippen LogP contribution in [0.4, 0.5) is 0 Å². The molecule has 0 saturated carbocycles. The van der Waals surface area contributed by atoms with Gasteiger partial charge in [-0.1, -0.05) is 0 Å². The van der Waals surface area contributed by atoms with E-state index in [1.54, 1.807) is 0 Å². The number of hydrogen-bond donors (Lipinski definition) is 2. The minimum absolute atomic E-state index is 0.000185. The Balaban J connectivity index is 2.39. The van der Waals surface area contributed by atoms with Crippen molar-refractivity contribution >= 4 is 26.0 Å². The van der Waals surface area contributed by atoms with Crippen LogP contribution in [-0.2, 0) is 4.79 Å². The van der Waals surface area contributed by atoms with Crippen molar-refractivity contribution in [2.24, 2.45) is 5.73 Å². The van der Waals surface area contributed by atoms with Crippen LogP contribution in [0, 0.1) is 0 Å². The Morgan fingerprint density at radius 2 is 2.56 bits per heavy atom. The van der Waals surface area contributed by atoms with E-state index in [-0.39, 0.29) is 11.9 Å². The molecule has 1 aliphatic rings. The van der Waals surface area contributed by atoms with Crippen molar-refractivity contribution in [1.82, 2.24) is 3.53 Å². The predicted octanol–water partition coefficient (Wildman–Crippen LogP) is -0.115. The van der Waals surface area contributed by atoms with E-state index < -0.39 is 20.1 Å². The van der Waals surface area contributed by atoms with Gasteiger partial charge in [-0.25, -0.2) is 0 Å². The topological polar surface area (TPSA) is 55.1 Å². The molecule has 3 N–H and O–H groups in total. The predicted molar refractivity (Wildman–Crippen MR) is 45.5 cm³/mol. The number of nitrogens with two attached hydrogens (primary N) is 1. The Morgan fingerprint density at radius 1 is 1.89 bits per heavy atom. The maximum atomic E-state index is 10.5. The zero-order valence-electron chi connectivity index (χ0n) is 5.36. The van der Waals surface area contributed by atoms with E-state index >= 15 is 0 Å². The Kier molecular flexibility index (Phi) is 2.29. The average molecular weight is 242 g/mol. The second kappa shape index (κ2) is 2.83. The summed E-state index contributed by atoms with van der Waals surface area (Å²) in [6.45, 7) is 0. The Hall–Kier alpha value is 0.160. The van der Waals surface area contributed by atoms with E-state index in [2.05, 4.69) is 8.46 Å². The molecule has 3 nitrogen and oxygen atoms in total. The minimum atomic E-state index is -0.865. The third kappa shape index (κ3) is 1.79. The SMILES string of the molecule is CI1CC[C@@H](C(N)=O)N1. The van der Waals surface area contributed by atoms with E-state index in [1.807, 2.05) is 0 Å². The molecule has 1 amide bonds. The van der Waals surface area contributed by atoms with E-state index in [0.29, 0.717) is 0 Å². The zero-order valence-corrected chi connectivity index (χ0v) is 7.51. The van der Waals surface area contributed by atoms with Gasteiger partial charge in [-0.2, -0.15) is 0 Å². The van der Waals surface area contributed by atoms with Gasteiger partial charge in [0.05, 0.1) is 0 Å². The molecule has 0 unspecified atom stereocenters. The molecule has 54 valence electrons. The van der Waals surface area contributed by atoms with Crippen molar-refractivity contribution in [3.8, 4) is 0 Å². The quantitative estimate of drug-likeness (QED) is 0.383. The summed E-state index contributed by atoms with van der Waals surface area (Å²) in [5, 5.41) is 0. The van der Waals surface area contributed by atoms with Crippen LogP contribution >= 0.6 is 20.1 Å². The van der Waals surface area contributed by atoms with Crippen LogP contribution in [0.5, 0.6) is 0 Å². The van der Waals surface area contributed by atoms with Crippen molar-refractivity contribution in [3.63, 3.8) is 0 Å². The molecular weight excluding hydrogens is 231 g/mol. The summed E-state index contributed by atoms with van der Waals surface area (Å²) >= 11 is -0.865. The number of carbonyl (C=O) groups is 1. The number of hydrogen-bond acceptors (Lipinski definition) is 2. The molecule has 0 aliphatic carbocycles. The van der Waals surface area contributed by atoms with Gasteiger partial charge in [-0.3, -0.25) is 0 Å². The fourth-order valence-corrected chi connectivity index (χ4v) is 4.57. The third-order valence-corrected chi connectivity index (χ3v) is 5.40. The molecule has 0 aromatic carbocycles. The molecule has 0 aromatic rings. The average Bonchev–Trinajstić information content (AvgIpc) is 2.14. The number of alkyl halides is 2. The summed E-state index contributed by atoms with van der Waals surface area (Å²) in [5.41, 5.74) is 5.08. The van der Waals surface area contributed by atoms with Crippen LogP contribution < -0.4 is 9.26 Å². The molecule has 1 fully saturated rings. The molecule has 4 heteroatoms. The Bertz CT molecular complexity index is 128. The summed E-state index contributed by atoms with van der Waals surface area (Å²) in [5.74, 6) is -0.184. The normalized spacial score (nSPS) is 30.8. The van der Waals surface area contributed by atoms with Gasteiger partial charge in [0.2, 0.25) is 0 Å². The first-order valence-electron chi connectivity index (χ1n) is 2.81. The monoisotopic (exact) mass is 242 g/mol. The number of halogens is 1. The molecule has 9 heavy (non-hydrogen) atoms. The van der Waals surface area contributed by atoms with Crippen molar-refractivity contribution < 1.29 is 4.79 Å². The fraction of sp³-hybridized carbons (Fsp3) is 0.800. The van der Waals surface area contributed by atoms with Gasteiger partial charge >= 0.3 is 61.9 Å². The fourth-order valence-electron chi connectivity index (χ4n) is 0.803. The molecule has 1 atom stereocenters. The van der Waals surface area contributed by atoms with Gasteiger partial charge in [0.25, 0.3) is 0 Å². The summed E-state index contributed by atoms with van der Waals surface area (Å²) < 4.78 is 4.46. The van der Waals surface area contributed by atoms with Crippen LogP contribution in [0.3, 0.4) is 0 Å². The van der Waals surface area contributed by atoms with Gasteiger partial charge in [-0.15, -0.1) is 0 Å². The number of carbonyl (C=O) groups excluding carboxylic acids is 1. The summed E-state index contributed by atoms with van der Waals surface area (Å²) in [4.78, 5) is 12.7. The summed E-state index contributed by atoms with van der Waals surface area (Å²) in [7, 11) is 0. The molecule has 1 aliphatic heterocycles. The molecule has 0 spiro atoms. The first kappa shape index (κ1) is 7.27. The third-order valence-electron chi connectivity index (χ3n) is 1.34. The van der Waals surface area contributed by atoms with Crippen LogP contribution in [-0.4, -0.2) is 21.3 Å². The summed E-state index contributed by atoms with van der Waals surface area (Å²) in [6.07, 6.45) is 0.969. The van der Waals surface area contributed by atoms with Crippen molar-refractivity contribution in [1.29, 1.82) is 0 Å². The molecular formula is C5H11IN2O. The van der Waals surface area contributed by atoms with Crippen molar-refractivity contribution in [2.75, 3.05) is 9.36 Å². The first-order chi connectivity index (χ1) is 4.20. The second-order valence-electron chi connectivity index (χ2n) is 2.13. The second-order valence-corrected chi connectivity index (χ2v) is 7.20. The molecule has 0 radical (unpaired) electrons. The van der Waals surface area contributed by atoms with E-state index in [9.17, 15) is 4.79 Å². The number of amides is 1. The molecule has 0 aromatic heterocycles. The van der Waals surface area contributed by atoms with Crippen LogP contribution in [0.15, 0.2) is 0 Å². The van der Waals surface area contributed by atoms with Crippen LogP contribution in [0.1, 0.15) is 6.42 Å². The van der Waals surface area contributed by atoms with E-state index in [0.717, 1.165) is 6.42 Å². The van der Waals surface area contributed by atoms with Crippen LogP contribution in [0.2, 0.25) is 0 Å². The summed E-state index contributed by atoms with van der Waals surface area (Å²) in [6, 6.07) is 0.000185. The first-order valence-corrected chi connectivity index (χ1v) is 7.57. The van der Waals surface area contributed by atoms with Crippen LogP contribution in [0.25, 0.3) is 0 Å². The standard InChI is InChI=1S/C5H11IN2O/c1-6-3-2-4(8-6)5(7)9/h4,8H,2-3H2,1H3,(H2,7,9)/t4-/m0/s1. The maximum absolute atomic E-state index is 10.5. The Labute approximate surface area is 62.1 Å². The van der Waals surface area contributed by atoms with E-state index in [4.69, 9.17) is 5.73 Å². The molecule has 1 saturated heterocycles. The molecule has 1 rings (SSSR count). The van der Waals surface area contributed by atoms with Gasteiger partial charge in [-0.05, 0) is 0 Å². The van der Waals surface area contributed by atoms with Gasteiger partial charge in [0.15, 0.2) is 0 Å².